The predicted octanol–water partition coefficient (Wildman–Crippen LogP) is 6.19. The summed E-state index contributed by atoms with van der Waals surface area (Å²) < 4.78 is 13.4. The van der Waals surface area contributed by atoms with E-state index in [1.54, 1.807) is 0 Å². The van der Waals surface area contributed by atoms with Gasteiger partial charge in [-0.15, -0.1) is 0 Å². The lowest BCUT2D eigenvalue weighted by atomic mass is 10.0. The van der Waals surface area contributed by atoms with Gasteiger partial charge in [0, 0.05) is 36.8 Å². The van der Waals surface area contributed by atoms with Crippen molar-refractivity contribution in [1.29, 1.82) is 0 Å². The number of rotatable bonds is 5. The fourth-order valence-electron chi connectivity index (χ4n) is 4.11. The Labute approximate surface area is 177 Å². The van der Waals surface area contributed by atoms with Crippen LogP contribution in [0.25, 0.3) is 0 Å². The van der Waals surface area contributed by atoms with Crippen LogP contribution in [-0.2, 0) is 13.1 Å². The van der Waals surface area contributed by atoms with Crippen LogP contribution in [0, 0.1) is 12.7 Å². The Morgan fingerprint density at radius 2 is 1.38 bits per heavy atom. The van der Waals surface area contributed by atoms with E-state index in [2.05, 4.69) is 53.1 Å². The van der Waals surface area contributed by atoms with E-state index in [0.29, 0.717) is 0 Å². The molecule has 1 aliphatic heterocycles. The van der Waals surface area contributed by atoms with Crippen molar-refractivity contribution in [2.24, 2.45) is 0 Å². The Bertz CT molecular complexity index is 884. The molecule has 0 aromatic heterocycles. The summed E-state index contributed by atoms with van der Waals surface area (Å²) in [7, 11) is 0. The first-order chi connectivity index (χ1) is 14.1. The average Bonchev–Trinajstić information content (AvgIpc) is 2.72. The molecule has 1 heterocycles. The van der Waals surface area contributed by atoms with E-state index in [4.69, 9.17) is 11.6 Å². The lowest BCUT2D eigenvalue weighted by Gasteiger charge is -2.44. The molecule has 150 valence electrons. The Kier molecular flexibility index (Phi) is 6.29. The van der Waals surface area contributed by atoms with Crippen LogP contribution < -0.4 is 0 Å². The van der Waals surface area contributed by atoms with Gasteiger partial charge in [-0.25, -0.2) is 4.39 Å². The van der Waals surface area contributed by atoms with Crippen LogP contribution in [0.1, 0.15) is 34.8 Å². The van der Waals surface area contributed by atoms with Crippen LogP contribution in [0.4, 0.5) is 4.39 Å². The minimum Gasteiger partial charge on any atom is -0.280 e. The third-order valence-corrected chi connectivity index (χ3v) is 5.92. The smallest absolute Gasteiger partial charge is 0.123 e. The van der Waals surface area contributed by atoms with E-state index in [1.165, 1.54) is 23.3 Å². The molecule has 0 amide bonds. The average molecular weight is 409 g/mol. The summed E-state index contributed by atoms with van der Waals surface area (Å²) in [6.45, 7) is 5.75. The Morgan fingerprint density at radius 1 is 0.828 bits per heavy atom. The lowest BCUT2D eigenvalue weighted by molar-refractivity contribution is -0.00904. The van der Waals surface area contributed by atoms with Crippen molar-refractivity contribution in [3.05, 3.63) is 106 Å². The summed E-state index contributed by atoms with van der Waals surface area (Å²) in [5.41, 5.74) is 4.81. The quantitative estimate of drug-likeness (QED) is 0.496. The second-order valence-electron chi connectivity index (χ2n) is 7.80. The van der Waals surface area contributed by atoms with Gasteiger partial charge in [0.15, 0.2) is 0 Å². The van der Waals surface area contributed by atoms with Gasteiger partial charge >= 0.3 is 0 Å². The first kappa shape index (κ1) is 20.1. The van der Waals surface area contributed by atoms with Crippen molar-refractivity contribution in [3.8, 4) is 0 Å². The van der Waals surface area contributed by atoms with Crippen LogP contribution in [-0.4, -0.2) is 22.9 Å². The summed E-state index contributed by atoms with van der Waals surface area (Å²) >= 11 is 6.63. The summed E-state index contributed by atoms with van der Waals surface area (Å²) in [5, 5.41) is 0.789. The van der Waals surface area contributed by atoms with E-state index < -0.39 is 0 Å². The van der Waals surface area contributed by atoms with Gasteiger partial charge in [0.2, 0.25) is 0 Å². The molecule has 0 saturated carbocycles. The largest absolute Gasteiger partial charge is 0.280 e. The van der Waals surface area contributed by atoms with E-state index in [-0.39, 0.29) is 12.0 Å². The third-order valence-electron chi connectivity index (χ3n) is 5.57. The zero-order valence-corrected chi connectivity index (χ0v) is 17.4. The molecule has 0 bridgehead atoms. The summed E-state index contributed by atoms with van der Waals surface area (Å²) in [6, 6.07) is 23.7. The maximum atomic E-state index is 13.4. The molecule has 1 saturated heterocycles. The van der Waals surface area contributed by atoms with E-state index in [1.807, 2.05) is 24.3 Å². The van der Waals surface area contributed by atoms with Crippen LogP contribution in [0.5, 0.6) is 0 Å². The second-order valence-corrected chi connectivity index (χ2v) is 8.21. The number of hydrogen-bond donors (Lipinski definition) is 0. The molecule has 0 spiro atoms. The van der Waals surface area contributed by atoms with Crippen molar-refractivity contribution < 1.29 is 4.39 Å². The van der Waals surface area contributed by atoms with E-state index >= 15 is 0 Å². The number of aryl methyl sites for hydroxylation is 1. The molecule has 1 unspecified atom stereocenters. The first-order valence-electron chi connectivity index (χ1n) is 10.1. The fourth-order valence-corrected chi connectivity index (χ4v) is 4.35. The highest BCUT2D eigenvalue weighted by atomic mass is 35.5. The van der Waals surface area contributed by atoms with Gasteiger partial charge in [-0.3, -0.25) is 9.80 Å². The normalized spacial score (nSPS) is 18.1. The maximum absolute atomic E-state index is 13.4. The Hall–Kier alpha value is -2.20. The molecule has 3 aromatic rings. The van der Waals surface area contributed by atoms with Gasteiger partial charge in [0.05, 0.1) is 6.17 Å². The lowest BCUT2D eigenvalue weighted by Crippen LogP contribution is -2.47. The van der Waals surface area contributed by atoms with Gasteiger partial charge in [-0.2, -0.15) is 0 Å². The molecule has 0 aliphatic carbocycles. The molecule has 0 N–H and O–H groups in total. The van der Waals surface area contributed by atoms with Crippen molar-refractivity contribution >= 4 is 11.6 Å². The van der Waals surface area contributed by atoms with E-state index in [9.17, 15) is 4.39 Å². The summed E-state index contributed by atoms with van der Waals surface area (Å²) in [4.78, 5) is 4.95. The van der Waals surface area contributed by atoms with Gasteiger partial charge < -0.3 is 0 Å². The zero-order valence-electron chi connectivity index (χ0n) is 16.7. The Balaban J connectivity index is 1.64. The molecule has 1 aliphatic rings. The van der Waals surface area contributed by atoms with Gasteiger partial charge in [0.25, 0.3) is 0 Å². The molecular weight excluding hydrogens is 383 g/mol. The van der Waals surface area contributed by atoms with Gasteiger partial charge in [-0.1, -0.05) is 71.8 Å². The molecule has 1 fully saturated rings. The van der Waals surface area contributed by atoms with Crippen LogP contribution >= 0.6 is 11.6 Å². The summed E-state index contributed by atoms with van der Waals surface area (Å²) in [6.07, 6.45) is 1.18. The molecule has 2 nitrogen and oxygen atoms in total. The first-order valence-corrected chi connectivity index (χ1v) is 10.5. The Morgan fingerprint density at radius 3 is 1.97 bits per heavy atom. The van der Waals surface area contributed by atoms with Gasteiger partial charge in [-0.05, 0) is 42.7 Å². The number of benzene rings is 3. The highest BCUT2D eigenvalue weighted by Crippen LogP contribution is 2.35. The second kappa shape index (κ2) is 9.08. The molecule has 3 aromatic carbocycles. The minimum absolute atomic E-state index is 0.0869. The van der Waals surface area contributed by atoms with Crippen LogP contribution in [0.3, 0.4) is 0 Å². The SMILES string of the molecule is Cc1ccc(CN2CCCN(Cc3ccc(F)cc3)C2c2ccccc2Cl)cc1. The van der Waals surface area contributed by atoms with Crippen molar-refractivity contribution in [2.45, 2.75) is 32.6 Å². The molecule has 4 heteroatoms. The predicted molar refractivity (Wildman–Crippen MR) is 117 cm³/mol. The summed E-state index contributed by atoms with van der Waals surface area (Å²) in [5.74, 6) is -0.198. The van der Waals surface area contributed by atoms with Crippen LogP contribution in [0.2, 0.25) is 5.02 Å². The molecule has 29 heavy (non-hydrogen) atoms. The zero-order chi connectivity index (χ0) is 20.2. The third kappa shape index (κ3) is 4.87. The molecular formula is C25H26ClFN2. The standard InChI is InChI=1S/C25H26ClFN2/c1-19-7-9-20(10-8-19)17-28-15-4-16-29(18-21-11-13-22(27)14-12-21)25(28)23-5-2-3-6-24(23)26/h2-3,5-14,25H,4,15-18H2,1H3. The number of nitrogens with zero attached hydrogens (tertiary/aromatic N) is 2. The van der Waals surface area contributed by atoms with Gasteiger partial charge in [0.1, 0.15) is 5.82 Å². The molecule has 4 rings (SSSR count). The minimum atomic E-state index is -0.198. The number of halogens is 2. The maximum Gasteiger partial charge on any atom is 0.123 e. The van der Waals surface area contributed by atoms with Crippen molar-refractivity contribution in [2.75, 3.05) is 13.1 Å². The monoisotopic (exact) mass is 408 g/mol. The molecule has 0 radical (unpaired) electrons. The fraction of sp³-hybridized carbons (Fsp3) is 0.280. The van der Waals surface area contributed by atoms with Crippen molar-refractivity contribution in [3.63, 3.8) is 0 Å². The number of hydrogen-bond acceptors (Lipinski definition) is 2. The molecule has 1 atom stereocenters. The highest BCUT2D eigenvalue weighted by Gasteiger charge is 2.32. The van der Waals surface area contributed by atoms with Crippen LogP contribution in [0.15, 0.2) is 72.8 Å². The topological polar surface area (TPSA) is 6.48 Å². The van der Waals surface area contributed by atoms with Crippen molar-refractivity contribution in [1.82, 2.24) is 9.80 Å². The highest BCUT2D eigenvalue weighted by molar-refractivity contribution is 6.31. The van der Waals surface area contributed by atoms with E-state index in [0.717, 1.165) is 48.7 Å².